The van der Waals surface area contributed by atoms with E-state index < -0.39 is 0 Å². The SMILES string of the molecule is CCCCCCC(O)CCC(C)OC. The molecule has 0 rings (SSSR count). The third-order valence-electron chi connectivity index (χ3n) is 2.70. The van der Waals surface area contributed by atoms with Gasteiger partial charge in [-0.1, -0.05) is 32.6 Å². The second-order valence-corrected chi connectivity index (χ2v) is 4.13. The third kappa shape index (κ3) is 8.52. The van der Waals surface area contributed by atoms with Crippen LogP contribution in [0.2, 0.25) is 0 Å². The van der Waals surface area contributed by atoms with Crippen LogP contribution in [0.1, 0.15) is 58.8 Å². The van der Waals surface area contributed by atoms with Gasteiger partial charge in [0.05, 0.1) is 12.2 Å². The van der Waals surface area contributed by atoms with Crippen molar-refractivity contribution in [1.29, 1.82) is 0 Å². The summed E-state index contributed by atoms with van der Waals surface area (Å²) in [7, 11) is 1.72. The van der Waals surface area contributed by atoms with Crippen LogP contribution < -0.4 is 0 Å². The van der Waals surface area contributed by atoms with E-state index in [4.69, 9.17) is 4.74 Å². The van der Waals surface area contributed by atoms with E-state index in [1.54, 1.807) is 7.11 Å². The maximum absolute atomic E-state index is 9.64. The van der Waals surface area contributed by atoms with E-state index in [0.29, 0.717) is 0 Å². The number of rotatable bonds is 9. The highest BCUT2D eigenvalue weighted by Gasteiger charge is 2.06. The molecule has 0 aliphatic carbocycles. The van der Waals surface area contributed by atoms with Crippen molar-refractivity contribution in [3.8, 4) is 0 Å². The predicted molar refractivity (Wildman–Crippen MR) is 60.5 cm³/mol. The molecule has 1 N–H and O–H groups in total. The molecular weight excluding hydrogens is 176 g/mol. The van der Waals surface area contributed by atoms with Crippen LogP contribution in [0.15, 0.2) is 0 Å². The summed E-state index contributed by atoms with van der Waals surface area (Å²) in [5.74, 6) is 0. The number of ether oxygens (including phenoxy) is 1. The van der Waals surface area contributed by atoms with E-state index >= 15 is 0 Å². The summed E-state index contributed by atoms with van der Waals surface area (Å²) in [6.07, 6.45) is 7.93. The molecule has 2 nitrogen and oxygen atoms in total. The zero-order valence-electron chi connectivity index (χ0n) is 9.96. The van der Waals surface area contributed by atoms with Crippen LogP contribution in [0, 0.1) is 0 Å². The van der Waals surface area contributed by atoms with Crippen LogP contribution in [0.3, 0.4) is 0 Å². The standard InChI is InChI=1S/C12H26O2/c1-4-5-6-7-8-12(13)10-9-11(2)14-3/h11-13H,4-10H2,1-3H3. The lowest BCUT2D eigenvalue weighted by atomic mass is 10.0. The van der Waals surface area contributed by atoms with Crippen molar-refractivity contribution in [1.82, 2.24) is 0 Å². The second kappa shape index (κ2) is 9.47. The van der Waals surface area contributed by atoms with Crippen molar-refractivity contribution in [2.24, 2.45) is 0 Å². The fourth-order valence-electron chi connectivity index (χ4n) is 1.50. The molecule has 14 heavy (non-hydrogen) atoms. The van der Waals surface area contributed by atoms with Gasteiger partial charge in [0.15, 0.2) is 0 Å². The summed E-state index contributed by atoms with van der Waals surface area (Å²) < 4.78 is 5.13. The van der Waals surface area contributed by atoms with Gasteiger partial charge in [-0.3, -0.25) is 0 Å². The maximum Gasteiger partial charge on any atom is 0.0544 e. The number of methoxy groups -OCH3 is 1. The molecule has 0 aliphatic rings. The number of hydrogen-bond acceptors (Lipinski definition) is 2. The molecule has 0 amide bonds. The van der Waals surface area contributed by atoms with Crippen molar-refractivity contribution in [2.75, 3.05) is 7.11 Å². The Labute approximate surface area is 88.7 Å². The van der Waals surface area contributed by atoms with Gasteiger partial charge in [-0.2, -0.15) is 0 Å². The fraction of sp³-hybridized carbons (Fsp3) is 1.00. The Morgan fingerprint density at radius 1 is 1.07 bits per heavy atom. The van der Waals surface area contributed by atoms with Gasteiger partial charge in [-0.15, -0.1) is 0 Å². The Bertz CT molecular complexity index is 115. The molecule has 0 aromatic heterocycles. The molecule has 0 radical (unpaired) electrons. The van der Waals surface area contributed by atoms with Gasteiger partial charge in [0.1, 0.15) is 0 Å². The third-order valence-corrected chi connectivity index (χ3v) is 2.70. The molecule has 0 fully saturated rings. The monoisotopic (exact) mass is 202 g/mol. The van der Waals surface area contributed by atoms with Crippen LogP contribution in [-0.2, 0) is 4.74 Å². The van der Waals surface area contributed by atoms with Gasteiger partial charge in [0.25, 0.3) is 0 Å². The Morgan fingerprint density at radius 3 is 2.36 bits per heavy atom. The summed E-state index contributed by atoms with van der Waals surface area (Å²) in [6, 6.07) is 0. The Hall–Kier alpha value is -0.0800. The average molecular weight is 202 g/mol. The first-order chi connectivity index (χ1) is 6.70. The normalized spacial score (nSPS) is 15.4. The molecule has 0 saturated carbocycles. The Kier molecular flexibility index (Phi) is 9.42. The Morgan fingerprint density at radius 2 is 1.79 bits per heavy atom. The molecule has 0 saturated heterocycles. The molecule has 2 unspecified atom stereocenters. The van der Waals surface area contributed by atoms with Crippen molar-refractivity contribution in [2.45, 2.75) is 71.0 Å². The minimum Gasteiger partial charge on any atom is -0.393 e. The second-order valence-electron chi connectivity index (χ2n) is 4.13. The maximum atomic E-state index is 9.64. The van der Waals surface area contributed by atoms with Crippen LogP contribution in [0.5, 0.6) is 0 Å². The molecule has 0 aliphatic heterocycles. The van der Waals surface area contributed by atoms with E-state index in [0.717, 1.165) is 25.7 Å². The molecule has 0 heterocycles. The van der Waals surface area contributed by atoms with E-state index in [9.17, 15) is 5.11 Å². The Balaban J connectivity index is 3.23. The highest BCUT2D eigenvalue weighted by atomic mass is 16.5. The van der Waals surface area contributed by atoms with Crippen molar-refractivity contribution >= 4 is 0 Å². The first-order valence-electron chi connectivity index (χ1n) is 5.91. The van der Waals surface area contributed by atoms with E-state index in [1.165, 1.54) is 19.3 Å². The van der Waals surface area contributed by atoms with Gasteiger partial charge in [0.2, 0.25) is 0 Å². The molecule has 0 bridgehead atoms. The van der Waals surface area contributed by atoms with E-state index in [1.807, 2.05) is 6.92 Å². The van der Waals surface area contributed by atoms with Crippen molar-refractivity contribution in [3.05, 3.63) is 0 Å². The van der Waals surface area contributed by atoms with Crippen molar-refractivity contribution in [3.63, 3.8) is 0 Å². The molecule has 0 aromatic carbocycles. The number of hydrogen-bond donors (Lipinski definition) is 1. The highest BCUT2D eigenvalue weighted by Crippen LogP contribution is 2.11. The lowest BCUT2D eigenvalue weighted by Gasteiger charge is -2.13. The van der Waals surface area contributed by atoms with Crippen LogP contribution in [-0.4, -0.2) is 24.4 Å². The summed E-state index contributed by atoms with van der Waals surface area (Å²) >= 11 is 0. The summed E-state index contributed by atoms with van der Waals surface area (Å²) in [5.41, 5.74) is 0. The van der Waals surface area contributed by atoms with Gasteiger partial charge in [-0.05, 0) is 26.2 Å². The molecule has 86 valence electrons. The van der Waals surface area contributed by atoms with E-state index in [2.05, 4.69) is 6.92 Å². The van der Waals surface area contributed by atoms with E-state index in [-0.39, 0.29) is 12.2 Å². The zero-order valence-corrected chi connectivity index (χ0v) is 9.96. The van der Waals surface area contributed by atoms with Gasteiger partial charge < -0.3 is 9.84 Å². The molecule has 2 atom stereocenters. The lowest BCUT2D eigenvalue weighted by Crippen LogP contribution is -2.12. The largest absolute Gasteiger partial charge is 0.393 e. The molecule has 0 aromatic rings. The zero-order chi connectivity index (χ0) is 10.8. The predicted octanol–water partition coefficient (Wildman–Crippen LogP) is 3.13. The van der Waals surface area contributed by atoms with Gasteiger partial charge in [-0.25, -0.2) is 0 Å². The molecular formula is C12H26O2. The van der Waals surface area contributed by atoms with Crippen molar-refractivity contribution < 1.29 is 9.84 Å². The lowest BCUT2D eigenvalue weighted by molar-refractivity contribution is 0.0816. The smallest absolute Gasteiger partial charge is 0.0544 e. The quantitative estimate of drug-likeness (QED) is 0.582. The summed E-state index contributed by atoms with van der Waals surface area (Å²) in [6.45, 7) is 4.25. The number of aliphatic hydroxyl groups is 1. The minimum absolute atomic E-state index is 0.121. The fourth-order valence-corrected chi connectivity index (χ4v) is 1.50. The van der Waals surface area contributed by atoms with Gasteiger partial charge >= 0.3 is 0 Å². The van der Waals surface area contributed by atoms with Crippen LogP contribution in [0.25, 0.3) is 0 Å². The number of unbranched alkanes of at least 4 members (excludes halogenated alkanes) is 3. The topological polar surface area (TPSA) is 29.5 Å². The van der Waals surface area contributed by atoms with Gasteiger partial charge in [0, 0.05) is 7.11 Å². The first-order valence-corrected chi connectivity index (χ1v) is 5.91. The summed E-state index contributed by atoms with van der Waals surface area (Å²) in [5, 5.41) is 9.64. The molecule has 2 heteroatoms. The minimum atomic E-state index is -0.121. The van der Waals surface area contributed by atoms with Crippen LogP contribution in [0.4, 0.5) is 0 Å². The molecule has 0 spiro atoms. The number of aliphatic hydroxyl groups excluding tert-OH is 1. The van der Waals surface area contributed by atoms with Crippen LogP contribution >= 0.6 is 0 Å². The average Bonchev–Trinajstić information content (AvgIpc) is 2.21. The first kappa shape index (κ1) is 13.9. The highest BCUT2D eigenvalue weighted by molar-refractivity contribution is 4.59. The summed E-state index contributed by atoms with van der Waals surface area (Å²) in [4.78, 5) is 0.